The van der Waals surface area contributed by atoms with Crippen LogP contribution in [0.1, 0.15) is 38.4 Å². The number of benzene rings is 1. The van der Waals surface area contributed by atoms with E-state index in [4.69, 9.17) is 9.72 Å². The van der Waals surface area contributed by atoms with Gasteiger partial charge in [-0.25, -0.2) is 4.98 Å². The van der Waals surface area contributed by atoms with Gasteiger partial charge in [-0.15, -0.1) is 0 Å². The van der Waals surface area contributed by atoms with E-state index in [2.05, 4.69) is 16.0 Å². The smallest absolute Gasteiger partial charge is 0.121 e. The van der Waals surface area contributed by atoms with Crippen molar-refractivity contribution in [2.45, 2.75) is 45.3 Å². The van der Waals surface area contributed by atoms with Crippen LogP contribution in [0.25, 0.3) is 11.0 Å². The van der Waals surface area contributed by atoms with Crippen molar-refractivity contribution in [1.82, 2.24) is 14.9 Å². The molecule has 1 aliphatic heterocycles. The average Bonchev–Trinajstić information content (AvgIpc) is 2.86. The number of hydrogen-bond acceptors (Lipinski definition) is 4. The van der Waals surface area contributed by atoms with Crippen LogP contribution in [0.15, 0.2) is 18.2 Å². The Bertz CT molecular complexity index is 630. The molecule has 3 rings (SSSR count). The summed E-state index contributed by atoms with van der Waals surface area (Å²) in [5.41, 5.74) is 2.03. The fourth-order valence-electron chi connectivity index (χ4n) is 3.19. The SMILES string of the molecule is CC(C)Oc1ccc2c(c1)nc(C1CCCNC1)n2CCO. The first kappa shape index (κ1) is 15.3. The van der Waals surface area contributed by atoms with Gasteiger partial charge in [0.15, 0.2) is 0 Å². The summed E-state index contributed by atoms with van der Waals surface area (Å²) in [5.74, 6) is 2.35. The van der Waals surface area contributed by atoms with Crippen molar-refractivity contribution in [2.24, 2.45) is 0 Å². The first-order valence-corrected chi connectivity index (χ1v) is 8.17. The van der Waals surface area contributed by atoms with Crippen molar-refractivity contribution in [2.75, 3.05) is 19.7 Å². The third-order valence-corrected chi connectivity index (χ3v) is 4.11. The van der Waals surface area contributed by atoms with E-state index in [9.17, 15) is 5.11 Å². The number of nitrogens with zero attached hydrogens (tertiary/aromatic N) is 2. The van der Waals surface area contributed by atoms with Crippen LogP contribution in [0, 0.1) is 0 Å². The topological polar surface area (TPSA) is 59.3 Å². The molecule has 5 nitrogen and oxygen atoms in total. The fourth-order valence-corrected chi connectivity index (χ4v) is 3.19. The molecular formula is C17H25N3O2. The second-order valence-corrected chi connectivity index (χ2v) is 6.21. The Balaban J connectivity index is 2.00. The van der Waals surface area contributed by atoms with E-state index in [1.54, 1.807) is 0 Å². The molecule has 5 heteroatoms. The molecular weight excluding hydrogens is 278 g/mol. The van der Waals surface area contributed by atoms with Gasteiger partial charge in [0.25, 0.3) is 0 Å². The Morgan fingerprint density at radius 3 is 3.00 bits per heavy atom. The quantitative estimate of drug-likeness (QED) is 0.890. The monoisotopic (exact) mass is 303 g/mol. The Hall–Kier alpha value is -1.59. The number of fused-ring (bicyclic) bond motifs is 1. The Labute approximate surface area is 131 Å². The van der Waals surface area contributed by atoms with Gasteiger partial charge in [0, 0.05) is 25.1 Å². The van der Waals surface area contributed by atoms with Crippen molar-refractivity contribution in [3.8, 4) is 5.75 Å². The van der Waals surface area contributed by atoms with Crippen LogP contribution < -0.4 is 10.1 Å². The highest BCUT2D eigenvalue weighted by atomic mass is 16.5. The van der Waals surface area contributed by atoms with Crippen molar-refractivity contribution in [3.63, 3.8) is 0 Å². The molecule has 120 valence electrons. The Kier molecular flexibility index (Phi) is 4.64. The minimum absolute atomic E-state index is 0.128. The van der Waals surface area contributed by atoms with Crippen LogP contribution in [-0.2, 0) is 6.54 Å². The van der Waals surface area contributed by atoms with E-state index in [0.717, 1.165) is 42.1 Å². The first-order chi connectivity index (χ1) is 10.7. The zero-order valence-corrected chi connectivity index (χ0v) is 13.4. The highest BCUT2D eigenvalue weighted by Gasteiger charge is 2.22. The predicted molar refractivity (Wildman–Crippen MR) is 87.4 cm³/mol. The summed E-state index contributed by atoms with van der Waals surface area (Å²) in [4.78, 5) is 4.85. The van der Waals surface area contributed by atoms with E-state index in [-0.39, 0.29) is 12.7 Å². The number of hydrogen-bond donors (Lipinski definition) is 2. The molecule has 1 unspecified atom stereocenters. The van der Waals surface area contributed by atoms with Gasteiger partial charge >= 0.3 is 0 Å². The molecule has 1 fully saturated rings. The molecule has 0 aliphatic carbocycles. The second kappa shape index (κ2) is 6.67. The number of piperidine rings is 1. The summed E-state index contributed by atoms with van der Waals surface area (Å²) >= 11 is 0. The third kappa shape index (κ3) is 3.10. The second-order valence-electron chi connectivity index (χ2n) is 6.21. The summed E-state index contributed by atoms with van der Waals surface area (Å²) in [6.45, 7) is 6.81. The lowest BCUT2D eigenvalue weighted by Gasteiger charge is -2.23. The zero-order valence-electron chi connectivity index (χ0n) is 13.4. The summed E-state index contributed by atoms with van der Waals surface area (Å²) in [6, 6.07) is 6.04. The van der Waals surface area contributed by atoms with Gasteiger partial charge in [-0.3, -0.25) is 0 Å². The van der Waals surface area contributed by atoms with Crippen LogP contribution in [-0.4, -0.2) is 40.5 Å². The van der Waals surface area contributed by atoms with Gasteiger partial charge in [-0.2, -0.15) is 0 Å². The summed E-state index contributed by atoms with van der Waals surface area (Å²) < 4.78 is 7.92. The molecule has 2 N–H and O–H groups in total. The van der Waals surface area contributed by atoms with Crippen molar-refractivity contribution >= 4 is 11.0 Å². The van der Waals surface area contributed by atoms with Gasteiger partial charge in [0.2, 0.25) is 0 Å². The largest absolute Gasteiger partial charge is 0.491 e. The summed E-state index contributed by atoms with van der Waals surface area (Å²) in [6.07, 6.45) is 2.48. The number of aliphatic hydroxyl groups is 1. The van der Waals surface area contributed by atoms with Crippen LogP contribution in [0.5, 0.6) is 5.75 Å². The molecule has 2 heterocycles. The van der Waals surface area contributed by atoms with E-state index in [1.165, 1.54) is 6.42 Å². The third-order valence-electron chi connectivity index (χ3n) is 4.11. The zero-order chi connectivity index (χ0) is 15.5. The maximum Gasteiger partial charge on any atom is 0.121 e. The van der Waals surface area contributed by atoms with Crippen molar-refractivity contribution in [1.29, 1.82) is 0 Å². The van der Waals surface area contributed by atoms with Gasteiger partial charge in [-0.1, -0.05) is 0 Å². The first-order valence-electron chi connectivity index (χ1n) is 8.17. The summed E-state index contributed by atoms with van der Waals surface area (Å²) in [7, 11) is 0. The maximum absolute atomic E-state index is 9.40. The fraction of sp³-hybridized carbons (Fsp3) is 0.588. The minimum Gasteiger partial charge on any atom is -0.491 e. The molecule has 0 spiro atoms. The van der Waals surface area contributed by atoms with Crippen LogP contribution >= 0.6 is 0 Å². The number of rotatable bonds is 5. The molecule has 1 atom stereocenters. The standard InChI is InChI=1S/C17H25N3O2/c1-12(2)22-14-5-6-16-15(10-14)19-17(20(16)8-9-21)13-4-3-7-18-11-13/h5-6,10,12-13,18,21H,3-4,7-9,11H2,1-2H3. The van der Waals surface area contributed by atoms with Gasteiger partial charge in [0.05, 0.1) is 23.7 Å². The maximum atomic E-state index is 9.40. The van der Waals surface area contributed by atoms with Crippen LogP contribution in [0.3, 0.4) is 0 Å². The van der Waals surface area contributed by atoms with Gasteiger partial charge in [-0.05, 0) is 45.4 Å². The molecule has 0 radical (unpaired) electrons. The molecule has 1 aliphatic rings. The lowest BCUT2D eigenvalue weighted by Crippen LogP contribution is -2.30. The Morgan fingerprint density at radius 2 is 2.32 bits per heavy atom. The molecule has 0 amide bonds. The lowest BCUT2D eigenvalue weighted by molar-refractivity contribution is 0.242. The highest BCUT2D eigenvalue weighted by Crippen LogP contribution is 2.29. The molecule has 1 saturated heterocycles. The molecule has 0 saturated carbocycles. The number of ether oxygens (including phenoxy) is 1. The molecule has 1 aromatic carbocycles. The van der Waals surface area contributed by atoms with Crippen LogP contribution in [0.2, 0.25) is 0 Å². The van der Waals surface area contributed by atoms with Crippen molar-refractivity contribution in [3.05, 3.63) is 24.0 Å². The molecule has 22 heavy (non-hydrogen) atoms. The van der Waals surface area contributed by atoms with E-state index < -0.39 is 0 Å². The van der Waals surface area contributed by atoms with Crippen molar-refractivity contribution < 1.29 is 9.84 Å². The van der Waals surface area contributed by atoms with E-state index >= 15 is 0 Å². The average molecular weight is 303 g/mol. The number of nitrogens with one attached hydrogen (secondary N) is 1. The minimum atomic E-state index is 0.128. The number of aliphatic hydroxyl groups excluding tert-OH is 1. The number of imidazole rings is 1. The van der Waals surface area contributed by atoms with E-state index in [0.29, 0.717) is 12.5 Å². The number of aromatic nitrogens is 2. The summed E-state index contributed by atoms with van der Waals surface area (Å²) in [5, 5.41) is 12.8. The van der Waals surface area contributed by atoms with Gasteiger partial charge in [0.1, 0.15) is 11.6 Å². The molecule has 0 bridgehead atoms. The normalized spacial score (nSPS) is 19.0. The highest BCUT2D eigenvalue weighted by molar-refractivity contribution is 5.78. The van der Waals surface area contributed by atoms with E-state index in [1.807, 2.05) is 26.0 Å². The molecule has 1 aromatic heterocycles. The lowest BCUT2D eigenvalue weighted by atomic mass is 9.99. The molecule has 2 aromatic rings. The van der Waals surface area contributed by atoms with Gasteiger partial charge < -0.3 is 19.7 Å². The van der Waals surface area contributed by atoms with Crippen LogP contribution in [0.4, 0.5) is 0 Å². The predicted octanol–water partition coefficient (Wildman–Crippen LogP) is 2.28. The Morgan fingerprint density at radius 1 is 1.45 bits per heavy atom.